The fourth-order valence-corrected chi connectivity index (χ4v) is 1.60. The Hall–Kier alpha value is -1.76. The maximum Gasteiger partial charge on any atom is 0.310 e. The number of aromatic amines is 1. The lowest BCUT2D eigenvalue weighted by atomic mass is 10.0. The zero-order valence-corrected chi connectivity index (χ0v) is 9.83. The largest absolute Gasteiger partial charge is 0.466 e. The summed E-state index contributed by atoms with van der Waals surface area (Å²) >= 11 is 0. The lowest BCUT2D eigenvalue weighted by Crippen LogP contribution is -2.23. The number of H-pyrrole nitrogens is 1. The summed E-state index contributed by atoms with van der Waals surface area (Å²) in [7, 11) is 0. The van der Waals surface area contributed by atoms with Gasteiger partial charge in [-0.1, -0.05) is 0 Å². The number of halogens is 2. The van der Waals surface area contributed by atoms with Crippen LogP contribution in [0.25, 0.3) is 0 Å². The predicted molar refractivity (Wildman–Crippen MR) is 60.2 cm³/mol. The molecule has 0 unspecified atom stereocenters. The molecule has 0 atom stereocenters. The lowest BCUT2D eigenvalue weighted by Gasteiger charge is -2.11. The summed E-state index contributed by atoms with van der Waals surface area (Å²) in [6.45, 7) is 1.53. The maximum absolute atomic E-state index is 12.8. The average Bonchev–Trinajstić information content (AvgIpc) is 2.29. The number of carbonyl (C=O) groups is 1. The quantitative estimate of drug-likeness (QED) is 0.769. The summed E-state index contributed by atoms with van der Waals surface area (Å²) in [6, 6.07) is 0. The molecule has 1 aromatic heterocycles. The Morgan fingerprint density at radius 1 is 1.50 bits per heavy atom. The Balaban J connectivity index is 3.23. The van der Waals surface area contributed by atoms with E-state index in [2.05, 4.69) is 9.72 Å². The number of nitrogens with two attached hydrogens (primary N) is 1. The number of hydrogen-bond acceptors (Lipinski definition) is 4. The monoisotopic (exact) mass is 260 g/mol. The van der Waals surface area contributed by atoms with Crippen molar-refractivity contribution in [1.82, 2.24) is 4.98 Å². The zero-order valence-electron chi connectivity index (χ0n) is 9.83. The molecule has 18 heavy (non-hydrogen) atoms. The molecular weight excluding hydrogens is 246 g/mol. The first-order chi connectivity index (χ1) is 8.51. The number of nitrogens with one attached hydrogen (secondary N) is 1. The van der Waals surface area contributed by atoms with E-state index in [4.69, 9.17) is 5.73 Å². The van der Waals surface area contributed by atoms with Crippen LogP contribution in [-0.4, -0.2) is 17.6 Å². The molecule has 1 aromatic rings. The number of alkyl halides is 2. The topological polar surface area (TPSA) is 85.2 Å². The third kappa shape index (κ3) is 3.13. The van der Waals surface area contributed by atoms with Crippen molar-refractivity contribution in [3.8, 4) is 0 Å². The Bertz CT molecular complexity index is 486. The summed E-state index contributed by atoms with van der Waals surface area (Å²) in [5.41, 5.74) is 4.33. The van der Waals surface area contributed by atoms with Gasteiger partial charge in [-0.05, 0) is 12.5 Å². The summed E-state index contributed by atoms with van der Waals surface area (Å²) in [6.07, 6.45) is -2.28. The van der Waals surface area contributed by atoms with Gasteiger partial charge in [0.2, 0.25) is 0 Å². The van der Waals surface area contributed by atoms with Crippen LogP contribution in [0.4, 0.5) is 8.78 Å². The van der Waals surface area contributed by atoms with Crippen LogP contribution >= 0.6 is 0 Å². The van der Waals surface area contributed by atoms with Crippen LogP contribution in [0.3, 0.4) is 0 Å². The third-order valence-electron chi connectivity index (χ3n) is 2.41. The Labute approximate surface area is 102 Å². The van der Waals surface area contributed by atoms with Crippen LogP contribution < -0.4 is 11.3 Å². The Morgan fingerprint density at radius 3 is 2.67 bits per heavy atom. The van der Waals surface area contributed by atoms with Crippen LogP contribution in [-0.2, 0) is 22.5 Å². The van der Waals surface area contributed by atoms with E-state index in [0.717, 1.165) is 6.20 Å². The molecule has 0 saturated heterocycles. The molecule has 0 aliphatic heterocycles. The van der Waals surface area contributed by atoms with Gasteiger partial charge in [-0.25, -0.2) is 8.78 Å². The first kappa shape index (κ1) is 14.3. The molecule has 1 heterocycles. The van der Waals surface area contributed by atoms with Gasteiger partial charge in [-0.2, -0.15) is 0 Å². The Kier molecular flexibility index (Phi) is 4.96. The van der Waals surface area contributed by atoms with E-state index in [1.165, 1.54) is 0 Å². The first-order valence-electron chi connectivity index (χ1n) is 5.38. The first-order valence-corrected chi connectivity index (χ1v) is 5.38. The van der Waals surface area contributed by atoms with Crippen molar-refractivity contribution in [2.75, 3.05) is 6.61 Å². The van der Waals surface area contributed by atoms with E-state index in [-0.39, 0.29) is 30.7 Å². The second kappa shape index (κ2) is 6.25. The maximum atomic E-state index is 12.8. The third-order valence-corrected chi connectivity index (χ3v) is 2.41. The molecule has 100 valence electrons. The number of carbonyl (C=O) groups excluding carboxylic acids is 1. The molecule has 1 rings (SSSR count). The molecule has 0 spiro atoms. The minimum Gasteiger partial charge on any atom is -0.466 e. The van der Waals surface area contributed by atoms with E-state index >= 15 is 0 Å². The number of ether oxygens (including phenoxy) is 1. The molecule has 5 nitrogen and oxygen atoms in total. The van der Waals surface area contributed by atoms with Gasteiger partial charge in [-0.15, -0.1) is 0 Å². The SMILES string of the molecule is CCOC(=O)Cc1c(C(F)F)c[nH]c(=O)c1CN. The molecule has 0 amide bonds. The molecular formula is C11H14F2N2O3. The van der Waals surface area contributed by atoms with Crippen molar-refractivity contribution < 1.29 is 18.3 Å². The number of rotatable bonds is 5. The summed E-state index contributed by atoms with van der Waals surface area (Å²) in [5.74, 6) is -0.667. The number of pyridine rings is 1. The van der Waals surface area contributed by atoms with Gasteiger partial charge >= 0.3 is 5.97 Å². The molecule has 0 aliphatic rings. The molecule has 0 radical (unpaired) electrons. The fraction of sp³-hybridized carbons (Fsp3) is 0.455. The highest BCUT2D eigenvalue weighted by atomic mass is 19.3. The Morgan fingerprint density at radius 2 is 2.17 bits per heavy atom. The molecule has 0 fully saturated rings. The summed E-state index contributed by atoms with van der Waals surface area (Å²) in [5, 5.41) is 0. The van der Waals surface area contributed by atoms with E-state index in [0.29, 0.717) is 0 Å². The molecule has 3 N–H and O–H groups in total. The van der Waals surface area contributed by atoms with Crippen LogP contribution in [0.15, 0.2) is 11.0 Å². The zero-order chi connectivity index (χ0) is 13.7. The minimum atomic E-state index is -2.79. The minimum absolute atomic E-state index is 0.0131. The highest BCUT2D eigenvalue weighted by Gasteiger charge is 2.20. The van der Waals surface area contributed by atoms with E-state index in [1.807, 2.05) is 0 Å². The molecule has 0 bridgehead atoms. The summed E-state index contributed by atoms with van der Waals surface area (Å²) in [4.78, 5) is 25.0. The molecule has 7 heteroatoms. The predicted octanol–water partition coefficient (Wildman–Crippen LogP) is 0.877. The van der Waals surface area contributed by atoms with E-state index < -0.39 is 23.5 Å². The van der Waals surface area contributed by atoms with Crippen LogP contribution in [0.5, 0.6) is 0 Å². The second-order valence-electron chi connectivity index (χ2n) is 3.52. The fourth-order valence-electron chi connectivity index (χ4n) is 1.60. The van der Waals surface area contributed by atoms with Crippen molar-refractivity contribution >= 4 is 5.97 Å². The highest BCUT2D eigenvalue weighted by molar-refractivity contribution is 5.73. The smallest absolute Gasteiger partial charge is 0.310 e. The van der Waals surface area contributed by atoms with Gasteiger partial charge in [0.15, 0.2) is 0 Å². The van der Waals surface area contributed by atoms with Gasteiger partial charge in [-0.3, -0.25) is 9.59 Å². The van der Waals surface area contributed by atoms with Gasteiger partial charge in [0.1, 0.15) is 0 Å². The van der Waals surface area contributed by atoms with Crippen molar-refractivity contribution in [1.29, 1.82) is 0 Å². The van der Waals surface area contributed by atoms with Crippen molar-refractivity contribution in [2.45, 2.75) is 26.3 Å². The van der Waals surface area contributed by atoms with Gasteiger partial charge in [0.05, 0.1) is 13.0 Å². The van der Waals surface area contributed by atoms with Crippen molar-refractivity contribution in [3.63, 3.8) is 0 Å². The van der Waals surface area contributed by atoms with E-state index in [9.17, 15) is 18.4 Å². The molecule has 0 aliphatic carbocycles. The second-order valence-corrected chi connectivity index (χ2v) is 3.52. The van der Waals surface area contributed by atoms with Crippen LogP contribution in [0.1, 0.15) is 30.0 Å². The van der Waals surface area contributed by atoms with Crippen LogP contribution in [0.2, 0.25) is 0 Å². The summed E-state index contributed by atoms with van der Waals surface area (Å²) < 4.78 is 30.3. The number of esters is 1. The normalized spacial score (nSPS) is 10.7. The van der Waals surface area contributed by atoms with Crippen molar-refractivity contribution in [2.24, 2.45) is 5.73 Å². The number of hydrogen-bond donors (Lipinski definition) is 2. The van der Waals surface area contributed by atoms with Gasteiger partial charge < -0.3 is 15.5 Å². The highest BCUT2D eigenvalue weighted by Crippen LogP contribution is 2.23. The number of aromatic nitrogens is 1. The average molecular weight is 260 g/mol. The van der Waals surface area contributed by atoms with E-state index in [1.54, 1.807) is 6.92 Å². The van der Waals surface area contributed by atoms with Crippen molar-refractivity contribution in [3.05, 3.63) is 33.2 Å². The molecule has 0 saturated carbocycles. The lowest BCUT2D eigenvalue weighted by molar-refractivity contribution is -0.142. The van der Waals surface area contributed by atoms with Crippen LogP contribution in [0, 0.1) is 0 Å². The van der Waals surface area contributed by atoms with Gasteiger partial charge in [0.25, 0.3) is 12.0 Å². The molecule has 0 aromatic carbocycles. The standard InChI is InChI=1S/C11H14F2N2O3/c1-2-18-9(16)3-6-7(4-14)11(17)15-5-8(6)10(12)13/h5,10H,2-4,14H2,1H3,(H,15,17). The van der Waals surface area contributed by atoms with Gasteiger partial charge in [0, 0.05) is 23.9 Å².